The molecule has 0 spiro atoms. The lowest BCUT2D eigenvalue weighted by molar-refractivity contribution is 0.0603. The second-order valence-electron chi connectivity index (χ2n) is 5.73. The Bertz CT molecular complexity index is 856. The molecule has 1 unspecified atom stereocenters. The summed E-state index contributed by atoms with van der Waals surface area (Å²) in [6, 6.07) is 13.7. The SMILES string of the molecule is COC(=O)c1ccc(OC)c2[nH]c(CC(C)c3ccccc3)nc12. The predicted octanol–water partition coefficient (Wildman–Crippen LogP) is 3.70. The highest BCUT2D eigenvalue weighted by molar-refractivity contribution is 6.03. The van der Waals surface area contributed by atoms with Gasteiger partial charge in [-0.1, -0.05) is 37.3 Å². The van der Waals surface area contributed by atoms with E-state index >= 15 is 0 Å². The number of carbonyl (C=O) groups excluding carboxylic acids is 1. The van der Waals surface area contributed by atoms with E-state index in [1.54, 1.807) is 19.2 Å². The number of hydrogen-bond donors (Lipinski definition) is 1. The van der Waals surface area contributed by atoms with Crippen LogP contribution in [-0.2, 0) is 11.2 Å². The number of aromatic amines is 1. The zero-order valence-electron chi connectivity index (χ0n) is 14.0. The molecule has 124 valence electrons. The number of benzene rings is 2. The maximum Gasteiger partial charge on any atom is 0.340 e. The third kappa shape index (κ3) is 2.97. The molecule has 5 heteroatoms. The Labute approximate surface area is 140 Å². The number of fused-ring (bicyclic) bond motifs is 1. The first-order chi connectivity index (χ1) is 11.6. The average molecular weight is 324 g/mol. The fourth-order valence-corrected chi connectivity index (χ4v) is 2.85. The molecule has 0 saturated heterocycles. The number of rotatable bonds is 5. The minimum atomic E-state index is -0.406. The van der Waals surface area contributed by atoms with Crippen molar-refractivity contribution >= 4 is 17.0 Å². The normalized spacial score (nSPS) is 12.1. The van der Waals surface area contributed by atoms with Crippen LogP contribution < -0.4 is 4.74 Å². The summed E-state index contributed by atoms with van der Waals surface area (Å²) in [5.74, 6) is 1.37. The van der Waals surface area contributed by atoms with Crippen molar-refractivity contribution in [2.45, 2.75) is 19.3 Å². The number of imidazole rings is 1. The minimum Gasteiger partial charge on any atom is -0.494 e. The van der Waals surface area contributed by atoms with E-state index in [2.05, 4.69) is 29.0 Å². The summed E-state index contributed by atoms with van der Waals surface area (Å²) in [6.07, 6.45) is 0.739. The zero-order chi connectivity index (χ0) is 17.1. The van der Waals surface area contributed by atoms with Crippen molar-refractivity contribution in [1.82, 2.24) is 9.97 Å². The van der Waals surface area contributed by atoms with Crippen molar-refractivity contribution in [3.05, 3.63) is 59.4 Å². The van der Waals surface area contributed by atoms with Crippen LogP contribution in [0.15, 0.2) is 42.5 Å². The molecule has 0 saturated carbocycles. The molecule has 1 aromatic heterocycles. The van der Waals surface area contributed by atoms with E-state index in [1.165, 1.54) is 12.7 Å². The fourth-order valence-electron chi connectivity index (χ4n) is 2.85. The molecular weight excluding hydrogens is 304 g/mol. The van der Waals surface area contributed by atoms with E-state index in [0.717, 1.165) is 17.8 Å². The maximum atomic E-state index is 12.0. The summed E-state index contributed by atoms with van der Waals surface area (Å²) < 4.78 is 10.2. The first kappa shape index (κ1) is 16.1. The average Bonchev–Trinajstić information content (AvgIpc) is 3.04. The molecule has 0 radical (unpaired) electrons. The van der Waals surface area contributed by atoms with Crippen LogP contribution >= 0.6 is 0 Å². The maximum absolute atomic E-state index is 12.0. The number of hydrogen-bond acceptors (Lipinski definition) is 4. The van der Waals surface area contributed by atoms with Crippen LogP contribution in [-0.4, -0.2) is 30.2 Å². The highest BCUT2D eigenvalue weighted by atomic mass is 16.5. The summed E-state index contributed by atoms with van der Waals surface area (Å²) in [5, 5.41) is 0. The van der Waals surface area contributed by atoms with Gasteiger partial charge in [0.25, 0.3) is 0 Å². The van der Waals surface area contributed by atoms with Crippen LogP contribution in [0, 0.1) is 0 Å². The summed E-state index contributed by atoms with van der Waals surface area (Å²) in [5.41, 5.74) is 2.98. The number of nitrogens with zero attached hydrogens (tertiary/aromatic N) is 1. The molecule has 3 aromatic rings. The molecule has 1 N–H and O–H groups in total. The lowest BCUT2D eigenvalue weighted by Crippen LogP contribution is -2.02. The van der Waals surface area contributed by atoms with Gasteiger partial charge in [0.15, 0.2) is 0 Å². The number of methoxy groups -OCH3 is 2. The molecule has 0 bridgehead atoms. The lowest BCUT2D eigenvalue weighted by Gasteiger charge is -2.09. The standard InChI is InChI=1S/C19H20N2O3/c1-12(13-7-5-4-6-8-13)11-16-20-17-14(19(22)24-3)9-10-15(23-2)18(17)21-16/h4-10,12H,11H2,1-3H3,(H,20,21). The van der Waals surface area contributed by atoms with Crippen LogP contribution in [0.4, 0.5) is 0 Å². The van der Waals surface area contributed by atoms with Gasteiger partial charge in [-0.25, -0.2) is 9.78 Å². The molecule has 0 amide bonds. The first-order valence-corrected chi connectivity index (χ1v) is 7.83. The molecule has 0 fully saturated rings. The number of ether oxygens (including phenoxy) is 2. The third-order valence-corrected chi connectivity index (χ3v) is 4.15. The van der Waals surface area contributed by atoms with Gasteiger partial charge in [0, 0.05) is 6.42 Å². The Kier molecular flexibility index (Phi) is 4.51. The number of nitrogens with one attached hydrogen (secondary N) is 1. The Morgan fingerprint density at radius 3 is 2.58 bits per heavy atom. The number of H-pyrrole nitrogens is 1. The quantitative estimate of drug-likeness (QED) is 0.727. The molecular formula is C19H20N2O3. The molecule has 1 heterocycles. The van der Waals surface area contributed by atoms with E-state index in [9.17, 15) is 4.79 Å². The van der Waals surface area contributed by atoms with Gasteiger partial charge in [-0.2, -0.15) is 0 Å². The van der Waals surface area contributed by atoms with Crippen LogP contribution in [0.2, 0.25) is 0 Å². The van der Waals surface area contributed by atoms with Crippen molar-refractivity contribution in [2.75, 3.05) is 14.2 Å². The Morgan fingerprint density at radius 1 is 1.17 bits per heavy atom. The number of aromatic nitrogens is 2. The highest BCUT2D eigenvalue weighted by Crippen LogP contribution is 2.28. The van der Waals surface area contributed by atoms with Gasteiger partial charge in [0.1, 0.15) is 22.6 Å². The van der Waals surface area contributed by atoms with Gasteiger partial charge in [0.2, 0.25) is 0 Å². The monoisotopic (exact) mass is 324 g/mol. The van der Waals surface area contributed by atoms with Gasteiger partial charge in [-0.15, -0.1) is 0 Å². The first-order valence-electron chi connectivity index (χ1n) is 7.83. The van der Waals surface area contributed by atoms with Crippen molar-refractivity contribution in [1.29, 1.82) is 0 Å². The van der Waals surface area contributed by atoms with Crippen LogP contribution in [0.1, 0.15) is 34.6 Å². The molecule has 0 aliphatic carbocycles. The van der Waals surface area contributed by atoms with Gasteiger partial charge >= 0.3 is 5.97 Å². The van der Waals surface area contributed by atoms with Gasteiger partial charge < -0.3 is 14.5 Å². The lowest BCUT2D eigenvalue weighted by atomic mass is 9.98. The molecule has 0 aliphatic rings. The van der Waals surface area contributed by atoms with Crippen molar-refractivity contribution in [3.8, 4) is 5.75 Å². The smallest absolute Gasteiger partial charge is 0.340 e. The zero-order valence-corrected chi connectivity index (χ0v) is 14.0. The van der Waals surface area contributed by atoms with E-state index in [4.69, 9.17) is 9.47 Å². The van der Waals surface area contributed by atoms with Gasteiger partial charge in [-0.05, 0) is 23.6 Å². The van der Waals surface area contributed by atoms with Gasteiger partial charge in [0.05, 0.1) is 19.8 Å². The molecule has 5 nitrogen and oxygen atoms in total. The van der Waals surface area contributed by atoms with Crippen LogP contribution in [0.3, 0.4) is 0 Å². The highest BCUT2D eigenvalue weighted by Gasteiger charge is 2.18. The van der Waals surface area contributed by atoms with E-state index in [0.29, 0.717) is 22.7 Å². The topological polar surface area (TPSA) is 64.2 Å². The summed E-state index contributed by atoms with van der Waals surface area (Å²) in [6.45, 7) is 2.15. The van der Waals surface area contributed by atoms with Gasteiger partial charge in [-0.3, -0.25) is 0 Å². The fraction of sp³-hybridized carbons (Fsp3) is 0.263. The second kappa shape index (κ2) is 6.74. The number of carbonyl (C=O) groups is 1. The summed E-state index contributed by atoms with van der Waals surface area (Å²) in [4.78, 5) is 19.9. The molecule has 0 aliphatic heterocycles. The van der Waals surface area contributed by atoms with Crippen LogP contribution in [0.25, 0.3) is 11.0 Å². The minimum absolute atomic E-state index is 0.305. The van der Waals surface area contributed by atoms with E-state index < -0.39 is 5.97 Å². The molecule has 2 aromatic carbocycles. The molecule has 24 heavy (non-hydrogen) atoms. The van der Waals surface area contributed by atoms with Crippen molar-refractivity contribution < 1.29 is 14.3 Å². The Morgan fingerprint density at radius 2 is 1.92 bits per heavy atom. The number of esters is 1. The van der Waals surface area contributed by atoms with Crippen molar-refractivity contribution in [2.24, 2.45) is 0 Å². The Hall–Kier alpha value is -2.82. The summed E-state index contributed by atoms with van der Waals surface area (Å²) >= 11 is 0. The predicted molar refractivity (Wildman–Crippen MR) is 92.5 cm³/mol. The van der Waals surface area contributed by atoms with Crippen LogP contribution in [0.5, 0.6) is 5.75 Å². The molecule has 3 rings (SSSR count). The van der Waals surface area contributed by atoms with E-state index in [1.807, 2.05) is 18.2 Å². The molecule has 1 atom stereocenters. The Balaban J connectivity index is 1.99. The largest absolute Gasteiger partial charge is 0.494 e. The third-order valence-electron chi connectivity index (χ3n) is 4.15. The van der Waals surface area contributed by atoms with Crippen molar-refractivity contribution in [3.63, 3.8) is 0 Å². The second-order valence-corrected chi connectivity index (χ2v) is 5.73. The summed E-state index contributed by atoms with van der Waals surface area (Å²) in [7, 11) is 2.96. The van der Waals surface area contributed by atoms with E-state index in [-0.39, 0.29) is 0 Å².